The molecule has 0 saturated heterocycles. The summed E-state index contributed by atoms with van der Waals surface area (Å²) in [4.78, 5) is 22.6. The monoisotopic (exact) mass is 556 g/mol. The molecule has 0 aliphatic rings. The summed E-state index contributed by atoms with van der Waals surface area (Å²) in [5.74, 6) is 2.57. The molecule has 2 N–H and O–H groups in total. The van der Waals surface area contributed by atoms with Crippen LogP contribution >= 0.6 is 0 Å². The van der Waals surface area contributed by atoms with E-state index < -0.39 is 5.41 Å². The van der Waals surface area contributed by atoms with E-state index >= 15 is 0 Å². The van der Waals surface area contributed by atoms with Crippen LogP contribution in [0.25, 0.3) is 0 Å². The van der Waals surface area contributed by atoms with Gasteiger partial charge in [0.05, 0.1) is 0 Å². The molecule has 0 bridgehead atoms. The van der Waals surface area contributed by atoms with Crippen LogP contribution in [-0.2, 0) is 15.0 Å². The third-order valence-electron chi connectivity index (χ3n) is 7.04. The molecule has 0 saturated carbocycles. The number of ether oxygens (including phenoxy) is 2. The van der Waals surface area contributed by atoms with Crippen LogP contribution in [0.1, 0.15) is 37.5 Å². The second kappa shape index (κ2) is 12.4. The summed E-state index contributed by atoms with van der Waals surface area (Å²) >= 11 is 0. The Kier molecular flexibility index (Phi) is 8.34. The number of amides is 2. The van der Waals surface area contributed by atoms with Crippen LogP contribution in [0.15, 0.2) is 127 Å². The van der Waals surface area contributed by atoms with Gasteiger partial charge >= 0.3 is 0 Å². The molecule has 0 aliphatic carbocycles. The lowest BCUT2D eigenvalue weighted by atomic mass is 9.71. The van der Waals surface area contributed by atoms with Crippen LogP contribution < -0.4 is 20.1 Å². The average molecular weight is 557 g/mol. The van der Waals surface area contributed by atoms with Crippen molar-refractivity contribution in [3.8, 4) is 23.0 Å². The maximum atomic E-state index is 11.3. The number of rotatable bonds is 9. The molecule has 0 fully saturated rings. The minimum Gasteiger partial charge on any atom is -0.457 e. The summed E-state index contributed by atoms with van der Waals surface area (Å²) in [7, 11) is 0. The van der Waals surface area contributed by atoms with E-state index in [2.05, 4.69) is 66.1 Å². The summed E-state index contributed by atoms with van der Waals surface area (Å²) in [5, 5.41) is 5.52. The van der Waals surface area contributed by atoms with Gasteiger partial charge in [-0.25, -0.2) is 0 Å². The van der Waals surface area contributed by atoms with Crippen molar-refractivity contribution in [1.29, 1.82) is 0 Å². The molecule has 6 heteroatoms. The molecule has 42 heavy (non-hydrogen) atoms. The van der Waals surface area contributed by atoms with E-state index in [0.29, 0.717) is 11.5 Å². The van der Waals surface area contributed by atoms with Gasteiger partial charge in [-0.1, -0.05) is 54.6 Å². The van der Waals surface area contributed by atoms with E-state index in [0.717, 1.165) is 39.6 Å². The lowest BCUT2D eigenvalue weighted by molar-refractivity contribution is -0.115. The Labute approximate surface area is 245 Å². The van der Waals surface area contributed by atoms with Crippen molar-refractivity contribution in [1.82, 2.24) is 0 Å². The highest BCUT2D eigenvalue weighted by Crippen LogP contribution is 2.40. The lowest BCUT2D eigenvalue weighted by Gasteiger charge is -2.32. The first-order valence-corrected chi connectivity index (χ1v) is 13.7. The van der Waals surface area contributed by atoms with Gasteiger partial charge in [0.15, 0.2) is 0 Å². The first-order valence-electron chi connectivity index (χ1n) is 13.7. The van der Waals surface area contributed by atoms with Gasteiger partial charge < -0.3 is 20.1 Å². The highest BCUT2D eigenvalue weighted by atomic mass is 16.5. The fraction of sp³-hybridized carbons (Fsp3) is 0.111. The first-order chi connectivity index (χ1) is 20.3. The highest BCUT2D eigenvalue weighted by Gasteiger charge is 2.31. The fourth-order valence-corrected chi connectivity index (χ4v) is 4.88. The van der Waals surface area contributed by atoms with Crippen molar-refractivity contribution >= 4 is 23.2 Å². The van der Waals surface area contributed by atoms with Crippen molar-refractivity contribution in [3.05, 3.63) is 144 Å². The molecule has 0 aromatic heterocycles. The number of benzene rings is 5. The van der Waals surface area contributed by atoms with Crippen LogP contribution in [-0.4, -0.2) is 11.8 Å². The van der Waals surface area contributed by atoms with Crippen molar-refractivity contribution in [2.75, 3.05) is 10.6 Å². The molecular formula is C36H32N2O4. The number of nitrogens with one attached hydrogen (secondary N) is 2. The van der Waals surface area contributed by atoms with E-state index in [1.165, 1.54) is 13.8 Å². The van der Waals surface area contributed by atoms with Crippen LogP contribution in [0, 0.1) is 0 Å². The maximum Gasteiger partial charge on any atom is 0.221 e. The SMILES string of the molecule is CC(=O)Nc1ccc(Oc2ccc(C(C)(c3ccccc3)c3ccc(Oc4ccc(NC(C)=O)cc4)cc3)cc2)cc1. The predicted molar refractivity (Wildman–Crippen MR) is 167 cm³/mol. The van der Waals surface area contributed by atoms with E-state index in [9.17, 15) is 9.59 Å². The smallest absolute Gasteiger partial charge is 0.221 e. The van der Waals surface area contributed by atoms with E-state index in [1.807, 2.05) is 78.9 Å². The van der Waals surface area contributed by atoms with Crippen LogP contribution in [0.4, 0.5) is 11.4 Å². The van der Waals surface area contributed by atoms with Gasteiger partial charge in [0.25, 0.3) is 0 Å². The third kappa shape index (κ3) is 6.67. The molecule has 5 aromatic carbocycles. The molecule has 0 unspecified atom stereocenters. The first kappa shape index (κ1) is 28.2. The second-order valence-electron chi connectivity index (χ2n) is 10.2. The number of hydrogen-bond donors (Lipinski definition) is 2. The normalized spacial score (nSPS) is 10.9. The van der Waals surface area contributed by atoms with Gasteiger partial charge in [-0.2, -0.15) is 0 Å². The van der Waals surface area contributed by atoms with E-state index in [4.69, 9.17) is 9.47 Å². The van der Waals surface area contributed by atoms with Crippen LogP contribution in [0.5, 0.6) is 23.0 Å². The van der Waals surface area contributed by atoms with Gasteiger partial charge in [0, 0.05) is 30.6 Å². The summed E-state index contributed by atoms with van der Waals surface area (Å²) in [6.45, 7) is 5.18. The third-order valence-corrected chi connectivity index (χ3v) is 7.04. The minimum atomic E-state index is -0.432. The molecule has 6 nitrogen and oxygen atoms in total. The Bertz CT molecular complexity index is 1540. The molecule has 0 aliphatic heterocycles. The second-order valence-corrected chi connectivity index (χ2v) is 10.2. The average Bonchev–Trinajstić information content (AvgIpc) is 2.99. The summed E-state index contributed by atoms with van der Waals surface area (Å²) < 4.78 is 12.1. The fourth-order valence-electron chi connectivity index (χ4n) is 4.88. The van der Waals surface area contributed by atoms with Crippen molar-refractivity contribution < 1.29 is 19.1 Å². The Balaban J connectivity index is 1.37. The Morgan fingerprint density at radius 3 is 1.12 bits per heavy atom. The van der Waals surface area contributed by atoms with E-state index in [1.54, 1.807) is 0 Å². The van der Waals surface area contributed by atoms with Crippen LogP contribution in [0.3, 0.4) is 0 Å². The predicted octanol–water partition coefficient (Wildman–Crippen LogP) is 8.54. The summed E-state index contributed by atoms with van der Waals surface area (Å²) in [5.41, 5.74) is 4.40. The van der Waals surface area contributed by atoms with Gasteiger partial charge in [-0.3, -0.25) is 9.59 Å². The minimum absolute atomic E-state index is 0.114. The molecule has 0 atom stereocenters. The van der Waals surface area contributed by atoms with Crippen molar-refractivity contribution in [2.24, 2.45) is 0 Å². The Hall–Kier alpha value is -5.36. The quantitative estimate of drug-likeness (QED) is 0.178. The zero-order valence-corrected chi connectivity index (χ0v) is 23.8. The maximum absolute atomic E-state index is 11.3. The Morgan fingerprint density at radius 1 is 0.476 bits per heavy atom. The molecule has 210 valence electrons. The van der Waals surface area contributed by atoms with Gasteiger partial charge in [-0.15, -0.1) is 0 Å². The molecule has 5 aromatic rings. The largest absolute Gasteiger partial charge is 0.457 e. The van der Waals surface area contributed by atoms with Crippen LogP contribution in [0.2, 0.25) is 0 Å². The molecule has 5 rings (SSSR count). The highest BCUT2D eigenvalue weighted by molar-refractivity contribution is 5.89. The topological polar surface area (TPSA) is 76.7 Å². The lowest BCUT2D eigenvalue weighted by Crippen LogP contribution is -2.25. The summed E-state index contributed by atoms with van der Waals surface area (Å²) in [6.07, 6.45) is 0. The van der Waals surface area contributed by atoms with Gasteiger partial charge in [0.2, 0.25) is 11.8 Å². The van der Waals surface area contributed by atoms with E-state index in [-0.39, 0.29) is 11.8 Å². The molecule has 2 amide bonds. The zero-order valence-electron chi connectivity index (χ0n) is 23.8. The Morgan fingerprint density at radius 2 is 0.786 bits per heavy atom. The standard InChI is InChI=1S/C36H32N2O4/c1-25(39)37-30-13-21-34(22-14-30)41-32-17-9-28(10-18-32)36(3,27-7-5-4-6-8-27)29-11-19-33(20-12-29)42-35-23-15-31(16-24-35)38-26(2)40/h4-24H,1-3H3,(H,37,39)(H,38,40). The number of hydrogen-bond acceptors (Lipinski definition) is 4. The van der Waals surface area contributed by atoms with Crippen molar-refractivity contribution in [2.45, 2.75) is 26.2 Å². The molecule has 0 spiro atoms. The number of anilines is 2. The molecular weight excluding hydrogens is 524 g/mol. The molecule has 0 heterocycles. The zero-order chi connectivity index (χ0) is 29.5. The number of carbonyl (C=O) groups excluding carboxylic acids is 2. The number of carbonyl (C=O) groups is 2. The van der Waals surface area contributed by atoms with Gasteiger partial charge in [0.1, 0.15) is 23.0 Å². The van der Waals surface area contributed by atoms with Crippen molar-refractivity contribution in [3.63, 3.8) is 0 Å². The summed E-state index contributed by atoms with van der Waals surface area (Å²) in [6, 6.07) is 41.2. The molecule has 0 radical (unpaired) electrons. The van der Waals surface area contributed by atoms with Gasteiger partial charge in [-0.05, 0) is 96.4 Å².